The number of carbonyl (C=O) groups excluding carboxylic acids is 1. The van der Waals surface area contributed by atoms with Crippen molar-refractivity contribution in [3.8, 4) is 0 Å². The monoisotopic (exact) mass is 180 g/mol. The van der Waals surface area contributed by atoms with E-state index in [0.717, 1.165) is 12.8 Å². The molecule has 4 nitrogen and oxygen atoms in total. The summed E-state index contributed by atoms with van der Waals surface area (Å²) in [7, 11) is 0. The van der Waals surface area contributed by atoms with Gasteiger partial charge in [-0.15, -0.1) is 10.2 Å². The molecule has 0 aliphatic heterocycles. The van der Waals surface area contributed by atoms with E-state index in [2.05, 4.69) is 17.1 Å². The Morgan fingerprint density at radius 3 is 2.62 bits per heavy atom. The van der Waals surface area contributed by atoms with E-state index in [1.807, 2.05) is 0 Å². The Balaban J connectivity index is 2.28. The summed E-state index contributed by atoms with van der Waals surface area (Å²) >= 11 is 0. The lowest BCUT2D eigenvalue weighted by Crippen LogP contribution is -2.17. The second kappa shape index (κ2) is 2.94. The summed E-state index contributed by atoms with van der Waals surface area (Å²) in [6.07, 6.45) is 5.15. The van der Waals surface area contributed by atoms with Crippen LogP contribution < -0.4 is 0 Å². The zero-order valence-corrected chi connectivity index (χ0v) is 7.62. The van der Waals surface area contributed by atoms with Crippen LogP contribution in [0.2, 0.25) is 0 Å². The minimum Gasteiger partial charge on any atom is -0.418 e. The van der Waals surface area contributed by atoms with Gasteiger partial charge in [-0.3, -0.25) is 4.79 Å². The van der Waals surface area contributed by atoms with Gasteiger partial charge in [0.15, 0.2) is 0 Å². The van der Waals surface area contributed by atoms with Gasteiger partial charge in [-0.05, 0) is 12.8 Å². The molecule has 1 heterocycles. The van der Waals surface area contributed by atoms with Crippen LogP contribution >= 0.6 is 0 Å². The fourth-order valence-corrected chi connectivity index (χ4v) is 1.90. The van der Waals surface area contributed by atoms with Crippen LogP contribution in [0.4, 0.5) is 0 Å². The van der Waals surface area contributed by atoms with Crippen LogP contribution in [0.5, 0.6) is 0 Å². The van der Waals surface area contributed by atoms with Crippen LogP contribution in [-0.2, 0) is 5.41 Å². The molecule has 1 aromatic heterocycles. The lowest BCUT2D eigenvalue weighted by atomic mass is 9.89. The molecule has 2 rings (SSSR count). The topological polar surface area (TPSA) is 56.0 Å². The van der Waals surface area contributed by atoms with Crippen molar-refractivity contribution in [1.29, 1.82) is 0 Å². The highest BCUT2D eigenvalue weighted by Crippen LogP contribution is 2.39. The minimum atomic E-state index is 0.00819. The highest BCUT2D eigenvalue weighted by molar-refractivity contribution is 5.66. The quantitative estimate of drug-likeness (QED) is 0.650. The molecule has 1 aliphatic carbocycles. The van der Waals surface area contributed by atoms with Gasteiger partial charge in [0.2, 0.25) is 12.2 Å². The zero-order valence-electron chi connectivity index (χ0n) is 7.62. The Hall–Kier alpha value is -1.19. The largest absolute Gasteiger partial charge is 0.418 e. The van der Waals surface area contributed by atoms with Crippen LogP contribution in [0.3, 0.4) is 0 Å². The summed E-state index contributed by atoms with van der Waals surface area (Å²) in [5, 5.41) is 7.53. The molecule has 0 unspecified atom stereocenters. The fraction of sp³-hybridized carbons (Fsp3) is 0.667. The molecule has 1 aliphatic rings. The highest BCUT2D eigenvalue weighted by Gasteiger charge is 2.35. The maximum atomic E-state index is 10.3. The average Bonchev–Trinajstić information content (AvgIpc) is 2.72. The molecule has 70 valence electrons. The molecular formula is C9H12N2O2. The molecular weight excluding hydrogens is 168 g/mol. The molecule has 0 radical (unpaired) electrons. The Morgan fingerprint density at radius 2 is 2.08 bits per heavy atom. The first kappa shape index (κ1) is 8.41. The lowest BCUT2D eigenvalue weighted by Gasteiger charge is -2.17. The molecule has 0 saturated heterocycles. The van der Waals surface area contributed by atoms with Crippen molar-refractivity contribution in [2.75, 3.05) is 0 Å². The minimum absolute atomic E-state index is 0.00819. The van der Waals surface area contributed by atoms with Gasteiger partial charge in [0, 0.05) is 5.41 Å². The van der Waals surface area contributed by atoms with Gasteiger partial charge in [0.05, 0.1) is 0 Å². The maximum Gasteiger partial charge on any atom is 0.280 e. The molecule has 0 aromatic carbocycles. The van der Waals surface area contributed by atoms with Crippen LogP contribution in [-0.4, -0.2) is 16.5 Å². The van der Waals surface area contributed by atoms with E-state index in [4.69, 9.17) is 4.42 Å². The number of nitrogens with zero attached hydrogens (tertiary/aromatic N) is 2. The molecule has 1 aromatic rings. The number of carbonyl (C=O) groups is 1. The first-order valence-electron chi connectivity index (χ1n) is 4.54. The van der Waals surface area contributed by atoms with Gasteiger partial charge < -0.3 is 4.42 Å². The third-order valence-corrected chi connectivity index (χ3v) is 2.76. The van der Waals surface area contributed by atoms with E-state index in [-0.39, 0.29) is 11.3 Å². The molecule has 4 heteroatoms. The molecule has 0 spiro atoms. The molecule has 1 saturated carbocycles. The van der Waals surface area contributed by atoms with Crippen molar-refractivity contribution < 1.29 is 9.21 Å². The van der Waals surface area contributed by atoms with Gasteiger partial charge >= 0.3 is 0 Å². The average molecular weight is 180 g/mol. The van der Waals surface area contributed by atoms with Crippen molar-refractivity contribution in [1.82, 2.24) is 10.2 Å². The van der Waals surface area contributed by atoms with Crippen molar-refractivity contribution in [2.24, 2.45) is 0 Å². The SMILES string of the molecule is CC1(c2nnc(C=O)o2)CCCC1. The van der Waals surface area contributed by atoms with E-state index in [1.54, 1.807) is 0 Å². The lowest BCUT2D eigenvalue weighted by molar-refractivity contribution is 0.109. The van der Waals surface area contributed by atoms with E-state index < -0.39 is 0 Å². The smallest absolute Gasteiger partial charge is 0.280 e. The number of hydrogen-bond acceptors (Lipinski definition) is 4. The fourth-order valence-electron chi connectivity index (χ4n) is 1.90. The van der Waals surface area contributed by atoms with Gasteiger partial charge in [0.1, 0.15) is 0 Å². The van der Waals surface area contributed by atoms with Crippen molar-refractivity contribution in [2.45, 2.75) is 38.0 Å². The maximum absolute atomic E-state index is 10.3. The van der Waals surface area contributed by atoms with Crippen LogP contribution in [0.25, 0.3) is 0 Å². The molecule has 0 amide bonds. The number of hydrogen-bond donors (Lipinski definition) is 0. The highest BCUT2D eigenvalue weighted by atomic mass is 16.4. The second-order valence-corrected chi connectivity index (χ2v) is 3.83. The van der Waals surface area contributed by atoms with E-state index in [9.17, 15) is 4.79 Å². The van der Waals surface area contributed by atoms with Crippen LogP contribution in [0.1, 0.15) is 49.2 Å². The predicted octanol–water partition coefficient (Wildman–Crippen LogP) is 1.71. The summed E-state index contributed by atoms with van der Waals surface area (Å²) in [4.78, 5) is 10.3. The Bertz CT molecular complexity index is 313. The van der Waals surface area contributed by atoms with Crippen LogP contribution in [0, 0.1) is 0 Å². The van der Waals surface area contributed by atoms with Crippen molar-refractivity contribution in [3.63, 3.8) is 0 Å². The summed E-state index contributed by atoms with van der Waals surface area (Å²) in [6, 6.07) is 0. The first-order chi connectivity index (χ1) is 6.24. The summed E-state index contributed by atoms with van der Waals surface area (Å²) in [5.74, 6) is 0.704. The van der Waals surface area contributed by atoms with Crippen molar-refractivity contribution in [3.05, 3.63) is 11.8 Å². The third-order valence-electron chi connectivity index (χ3n) is 2.76. The molecule has 0 bridgehead atoms. The Labute approximate surface area is 76.3 Å². The predicted molar refractivity (Wildman–Crippen MR) is 45.5 cm³/mol. The summed E-state index contributed by atoms with van der Waals surface area (Å²) in [6.45, 7) is 2.11. The van der Waals surface area contributed by atoms with Gasteiger partial charge in [-0.2, -0.15) is 0 Å². The Kier molecular flexibility index (Phi) is 1.90. The standard InChI is InChI=1S/C9H12N2O2/c1-9(4-2-3-5-9)8-11-10-7(6-12)13-8/h6H,2-5H2,1H3. The van der Waals surface area contributed by atoms with Gasteiger partial charge in [0.25, 0.3) is 5.89 Å². The van der Waals surface area contributed by atoms with Crippen molar-refractivity contribution >= 4 is 6.29 Å². The third kappa shape index (κ3) is 1.36. The van der Waals surface area contributed by atoms with E-state index in [0.29, 0.717) is 12.2 Å². The molecule has 1 fully saturated rings. The summed E-state index contributed by atoms with van der Waals surface area (Å²) < 4.78 is 5.23. The van der Waals surface area contributed by atoms with Gasteiger partial charge in [-0.1, -0.05) is 19.8 Å². The zero-order chi connectivity index (χ0) is 9.31. The number of aromatic nitrogens is 2. The van der Waals surface area contributed by atoms with E-state index >= 15 is 0 Å². The normalized spacial score (nSPS) is 20.4. The van der Waals surface area contributed by atoms with Gasteiger partial charge in [-0.25, -0.2) is 0 Å². The van der Waals surface area contributed by atoms with E-state index in [1.165, 1.54) is 12.8 Å². The number of rotatable bonds is 2. The number of aldehydes is 1. The van der Waals surface area contributed by atoms with Crippen LogP contribution in [0.15, 0.2) is 4.42 Å². The Morgan fingerprint density at radius 1 is 1.38 bits per heavy atom. The summed E-state index contributed by atoms with van der Waals surface area (Å²) in [5.41, 5.74) is 0.00819. The molecule has 13 heavy (non-hydrogen) atoms. The molecule has 0 N–H and O–H groups in total. The first-order valence-corrected chi connectivity index (χ1v) is 4.54. The second-order valence-electron chi connectivity index (χ2n) is 3.83. The molecule has 0 atom stereocenters.